The maximum atomic E-state index is 10.5. The first-order chi connectivity index (χ1) is 5.33. The first-order valence-corrected chi connectivity index (χ1v) is 3.49. The molecule has 5 nitrogen and oxygen atoms in total. The van der Waals surface area contributed by atoms with Gasteiger partial charge in [-0.1, -0.05) is 0 Å². The van der Waals surface area contributed by atoms with Crippen LogP contribution in [0.4, 0.5) is 4.79 Å². The number of ether oxygens (including phenoxy) is 2. The summed E-state index contributed by atoms with van der Waals surface area (Å²) < 4.78 is 9.36. The van der Waals surface area contributed by atoms with Crippen LogP contribution in [-0.2, 0) is 14.3 Å². The fourth-order valence-electron chi connectivity index (χ4n) is 0.518. The van der Waals surface area contributed by atoms with Crippen LogP contribution in [0.15, 0.2) is 0 Å². The zero-order valence-corrected chi connectivity index (χ0v) is 6.33. The third kappa shape index (κ3) is 3.79. The average molecular weight is 161 g/mol. The Morgan fingerprint density at radius 3 is 3.09 bits per heavy atom. The Labute approximate surface area is 64.6 Å². The molecule has 0 radical (unpaired) electrons. The molecule has 1 aliphatic heterocycles. The lowest BCUT2D eigenvalue weighted by Gasteiger charge is -2.02. The molecule has 1 rings (SSSR count). The molecule has 0 aliphatic carbocycles. The lowest BCUT2D eigenvalue weighted by Crippen LogP contribution is -2.26. The highest BCUT2D eigenvalue weighted by molar-refractivity contribution is 5.65. The molecule has 0 aromatic rings. The van der Waals surface area contributed by atoms with Gasteiger partial charge in [-0.15, -0.1) is 0 Å². The molecule has 1 saturated heterocycles. The van der Waals surface area contributed by atoms with Crippen molar-refractivity contribution < 1.29 is 19.1 Å². The van der Waals surface area contributed by atoms with Gasteiger partial charge >= 0.3 is 6.09 Å². The predicted molar refractivity (Wildman–Crippen MR) is 35.8 cm³/mol. The Balaban J connectivity index is 1.88. The van der Waals surface area contributed by atoms with E-state index in [1.807, 2.05) is 0 Å². The van der Waals surface area contributed by atoms with Gasteiger partial charge in [-0.25, -0.2) is 4.79 Å². The molecule has 0 aromatic carbocycles. The van der Waals surface area contributed by atoms with Crippen molar-refractivity contribution in [1.29, 1.82) is 0 Å². The number of hydrogen-bond donors (Lipinski definition) is 1. The van der Waals surface area contributed by atoms with Crippen LogP contribution >= 0.6 is 0 Å². The van der Waals surface area contributed by atoms with Gasteiger partial charge in [0.15, 0.2) is 0 Å². The van der Waals surface area contributed by atoms with Crippen LogP contribution in [0.1, 0.15) is 6.92 Å². The van der Waals surface area contributed by atoms with Crippen molar-refractivity contribution in [1.82, 2.24) is 5.48 Å². The molecule has 1 N–H and O–H groups in total. The molecule has 0 spiro atoms. The van der Waals surface area contributed by atoms with E-state index in [1.165, 1.54) is 0 Å². The molecule has 1 amide bonds. The summed E-state index contributed by atoms with van der Waals surface area (Å²) in [6, 6.07) is 0. The standard InChI is InChI=1S/C6H11NO4/c1-2-9-6(8)7-11-4-5-3-10-5/h5H,2-4H2,1H3,(H,7,8). The quantitative estimate of drug-likeness (QED) is 0.468. The van der Waals surface area contributed by atoms with Gasteiger partial charge in [0.2, 0.25) is 0 Å². The molecular weight excluding hydrogens is 150 g/mol. The molecule has 1 fully saturated rings. The Morgan fingerprint density at radius 1 is 1.82 bits per heavy atom. The van der Waals surface area contributed by atoms with Gasteiger partial charge in [0.25, 0.3) is 0 Å². The fraction of sp³-hybridized carbons (Fsp3) is 0.833. The van der Waals surface area contributed by atoms with Crippen molar-refractivity contribution in [3.63, 3.8) is 0 Å². The molecule has 0 bridgehead atoms. The molecule has 5 heteroatoms. The topological polar surface area (TPSA) is 60.1 Å². The second-order valence-corrected chi connectivity index (χ2v) is 2.09. The highest BCUT2D eigenvalue weighted by atomic mass is 16.7. The fourth-order valence-corrected chi connectivity index (χ4v) is 0.518. The van der Waals surface area contributed by atoms with Crippen molar-refractivity contribution in [3.05, 3.63) is 0 Å². The Bertz CT molecular complexity index is 135. The average Bonchev–Trinajstić information content (AvgIpc) is 2.72. The maximum Gasteiger partial charge on any atom is 0.431 e. The van der Waals surface area contributed by atoms with Crippen LogP contribution in [0.5, 0.6) is 0 Å². The third-order valence-electron chi connectivity index (χ3n) is 1.10. The van der Waals surface area contributed by atoms with Crippen LogP contribution in [0.25, 0.3) is 0 Å². The Kier molecular flexibility index (Phi) is 3.13. The highest BCUT2D eigenvalue weighted by Crippen LogP contribution is 2.07. The molecular formula is C6H11NO4. The summed E-state index contributed by atoms with van der Waals surface area (Å²) in [7, 11) is 0. The van der Waals surface area contributed by atoms with Gasteiger partial charge in [-0.3, -0.25) is 4.84 Å². The second kappa shape index (κ2) is 4.15. The zero-order chi connectivity index (χ0) is 8.10. The summed E-state index contributed by atoms with van der Waals surface area (Å²) in [5, 5.41) is 0. The van der Waals surface area contributed by atoms with E-state index >= 15 is 0 Å². The second-order valence-electron chi connectivity index (χ2n) is 2.09. The molecule has 11 heavy (non-hydrogen) atoms. The van der Waals surface area contributed by atoms with E-state index in [9.17, 15) is 4.79 Å². The third-order valence-corrected chi connectivity index (χ3v) is 1.10. The number of nitrogens with one attached hydrogen (secondary N) is 1. The number of hydrogen-bond acceptors (Lipinski definition) is 4. The maximum absolute atomic E-state index is 10.5. The van der Waals surface area contributed by atoms with Crippen LogP contribution in [0, 0.1) is 0 Å². The predicted octanol–water partition coefficient (Wildman–Crippen LogP) is 0.0629. The van der Waals surface area contributed by atoms with Crippen molar-refractivity contribution in [2.24, 2.45) is 0 Å². The van der Waals surface area contributed by atoms with Gasteiger partial charge in [-0.2, -0.15) is 5.48 Å². The number of amides is 1. The molecule has 0 saturated carbocycles. The minimum absolute atomic E-state index is 0.150. The monoisotopic (exact) mass is 161 g/mol. The van der Waals surface area contributed by atoms with Crippen molar-refractivity contribution in [3.8, 4) is 0 Å². The van der Waals surface area contributed by atoms with Gasteiger partial charge < -0.3 is 9.47 Å². The number of epoxide rings is 1. The number of hydroxylamine groups is 1. The molecule has 1 aliphatic rings. The van der Waals surface area contributed by atoms with E-state index in [1.54, 1.807) is 6.92 Å². The van der Waals surface area contributed by atoms with E-state index < -0.39 is 6.09 Å². The number of carbonyl (C=O) groups excluding carboxylic acids is 1. The molecule has 1 atom stereocenters. The molecule has 0 aromatic heterocycles. The number of carbonyl (C=O) groups is 1. The lowest BCUT2D eigenvalue weighted by molar-refractivity contribution is 0.0224. The lowest BCUT2D eigenvalue weighted by atomic mass is 10.5. The van der Waals surface area contributed by atoms with Crippen molar-refractivity contribution in [2.75, 3.05) is 19.8 Å². The van der Waals surface area contributed by atoms with Gasteiger partial charge in [0.05, 0.1) is 13.2 Å². The van der Waals surface area contributed by atoms with E-state index in [0.29, 0.717) is 19.8 Å². The summed E-state index contributed by atoms with van der Waals surface area (Å²) in [5.74, 6) is 0. The molecule has 64 valence electrons. The summed E-state index contributed by atoms with van der Waals surface area (Å²) in [4.78, 5) is 15.3. The van der Waals surface area contributed by atoms with Gasteiger partial charge in [0, 0.05) is 0 Å². The minimum atomic E-state index is -0.562. The van der Waals surface area contributed by atoms with E-state index in [2.05, 4.69) is 10.2 Å². The number of rotatable bonds is 4. The van der Waals surface area contributed by atoms with E-state index in [0.717, 1.165) is 0 Å². The van der Waals surface area contributed by atoms with Crippen LogP contribution in [0.3, 0.4) is 0 Å². The normalized spacial score (nSPS) is 21.0. The summed E-state index contributed by atoms with van der Waals surface area (Å²) in [6.45, 7) is 3.17. The Morgan fingerprint density at radius 2 is 2.55 bits per heavy atom. The summed E-state index contributed by atoms with van der Waals surface area (Å²) >= 11 is 0. The first-order valence-electron chi connectivity index (χ1n) is 3.49. The Hall–Kier alpha value is -0.810. The highest BCUT2D eigenvalue weighted by Gasteiger charge is 2.22. The van der Waals surface area contributed by atoms with Gasteiger partial charge in [-0.05, 0) is 6.92 Å². The van der Waals surface area contributed by atoms with Crippen molar-refractivity contribution in [2.45, 2.75) is 13.0 Å². The smallest absolute Gasteiger partial charge is 0.431 e. The first kappa shape index (κ1) is 8.29. The zero-order valence-electron chi connectivity index (χ0n) is 6.33. The van der Waals surface area contributed by atoms with Gasteiger partial charge in [0.1, 0.15) is 12.7 Å². The minimum Gasteiger partial charge on any atom is -0.448 e. The van der Waals surface area contributed by atoms with Crippen molar-refractivity contribution >= 4 is 6.09 Å². The van der Waals surface area contributed by atoms with E-state index in [-0.39, 0.29) is 6.10 Å². The molecule has 1 unspecified atom stereocenters. The SMILES string of the molecule is CCOC(=O)NOCC1CO1. The van der Waals surface area contributed by atoms with Crippen LogP contribution in [-0.4, -0.2) is 32.0 Å². The molecule has 1 heterocycles. The summed E-state index contributed by atoms with van der Waals surface area (Å²) in [5.41, 5.74) is 2.11. The van der Waals surface area contributed by atoms with E-state index in [4.69, 9.17) is 9.57 Å². The summed E-state index contributed by atoms with van der Waals surface area (Å²) in [6.07, 6.45) is -0.412. The largest absolute Gasteiger partial charge is 0.448 e. The van der Waals surface area contributed by atoms with Crippen LogP contribution < -0.4 is 5.48 Å². The van der Waals surface area contributed by atoms with Crippen LogP contribution in [0.2, 0.25) is 0 Å².